The number of benzene rings is 2. The predicted molar refractivity (Wildman–Crippen MR) is 89.7 cm³/mol. The van der Waals surface area contributed by atoms with Gasteiger partial charge in [-0.2, -0.15) is 5.26 Å². The standard InChI is InChI=1S/C18H13F3N4O/c19-12-6-11(17(20)21)7-13(8-12)25-15(4-5-22)24-14-3-1-2-10(9-23)16(14)18(25)26/h1-3,6-8,17H,4-5,22H2. The summed E-state index contributed by atoms with van der Waals surface area (Å²) in [5, 5.41) is 9.29. The van der Waals surface area contributed by atoms with Crippen molar-refractivity contribution in [2.24, 2.45) is 5.73 Å². The summed E-state index contributed by atoms with van der Waals surface area (Å²) < 4.78 is 40.9. The molecule has 2 N–H and O–H groups in total. The fourth-order valence-corrected chi connectivity index (χ4v) is 2.78. The Balaban J connectivity index is 2.42. The van der Waals surface area contributed by atoms with Gasteiger partial charge in [-0.25, -0.2) is 18.2 Å². The van der Waals surface area contributed by atoms with Crippen molar-refractivity contribution in [2.75, 3.05) is 6.54 Å². The van der Waals surface area contributed by atoms with E-state index in [0.717, 1.165) is 16.7 Å². The van der Waals surface area contributed by atoms with E-state index >= 15 is 0 Å². The van der Waals surface area contributed by atoms with Gasteiger partial charge in [-0.3, -0.25) is 9.36 Å². The van der Waals surface area contributed by atoms with Crippen LogP contribution < -0.4 is 11.3 Å². The topological polar surface area (TPSA) is 84.7 Å². The Hall–Kier alpha value is -3.18. The number of nitrogens with zero attached hydrogens (tertiary/aromatic N) is 3. The Morgan fingerprint density at radius 3 is 2.69 bits per heavy atom. The highest BCUT2D eigenvalue weighted by atomic mass is 19.3. The average Bonchev–Trinajstić information content (AvgIpc) is 2.61. The fraction of sp³-hybridized carbons (Fsp3) is 0.167. The Bertz CT molecular complexity index is 1090. The van der Waals surface area contributed by atoms with Gasteiger partial charge in [-0.15, -0.1) is 0 Å². The second-order valence-corrected chi connectivity index (χ2v) is 5.56. The molecular formula is C18H13F3N4O. The first-order valence-electron chi connectivity index (χ1n) is 7.70. The molecule has 0 fully saturated rings. The molecule has 0 aliphatic carbocycles. The highest BCUT2D eigenvalue weighted by Gasteiger charge is 2.18. The van der Waals surface area contributed by atoms with Gasteiger partial charge in [0, 0.05) is 12.0 Å². The van der Waals surface area contributed by atoms with E-state index in [1.165, 1.54) is 6.07 Å². The lowest BCUT2D eigenvalue weighted by atomic mass is 10.1. The van der Waals surface area contributed by atoms with Crippen LogP contribution in [0.3, 0.4) is 0 Å². The van der Waals surface area contributed by atoms with E-state index in [0.29, 0.717) is 11.6 Å². The van der Waals surface area contributed by atoms with Gasteiger partial charge < -0.3 is 5.73 Å². The van der Waals surface area contributed by atoms with Crippen molar-refractivity contribution in [3.05, 3.63) is 69.5 Å². The van der Waals surface area contributed by atoms with Gasteiger partial charge in [0.15, 0.2) is 0 Å². The highest BCUT2D eigenvalue weighted by molar-refractivity contribution is 5.84. The highest BCUT2D eigenvalue weighted by Crippen LogP contribution is 2.24. The second kappa shape index (κ2) is 6.98. The van der Waals surface area contributed by atoms with Crippen molar-refractivity contribution < 1.29 is 13.2 Å². The number of halogens is 3. The van der Waals surface area contributed by atoms with Crippen molar-refractivity contribution in [2.45, 2.75) is 12.8 Å². The Morgan fingerprint density at radius 1 is 1.27 bits per heavy atom. The number of nitriles is 1. The van der Waals surface area contributed by atoms with Crippen LogP contribution in [0.25, 0.3) is 16.6 Å². The summed E-state index contributed by atoms with van der Waals surface area (Å²) in [7, 11) is 0. The molecule has 3 aromatic rings. The summed E-state index contributed by atoms with van der Waals surface area (Å²) >= 11 is 0. The summed E-state index contributed by atoms with van der Waals surface area (Å²) in [5.74, 6) is -0.706. The first kappa shape index (κ1) is 17.6. The van der Waals surface area contributed by atoms with E-state index in [4.69, 9.17) is 5.73 Å². The largest absolute Gasteiger partial charge is 0.330 e. The fourth-order valence-electron chi connectivity index (χ4n) is 2.78. The van der Waals surface area contributed by atoms with E-state index in [-0.39, 0.29) is 35.4 Å². The second-order valence-electron chi connectivity index (χ2n) is 5.56. The first-order chi connectivity index (χ1) is 12.5. The maximum Gasteiger partial charge on any atom is 0.267 e. The zero-order valence-corrected chi connectivity index (χ0v) is 13.4. The smallest absolute Gasteiger partial charge is 0.267 e. The third-order valence-corrected chi connectivity index (χ3v) is 3.87. The summed E-state index contributed by atoms with van der Waals surface area (Å²) in [6.45, 7) is 0.146. The monoisotopic (exact) mass is 358 g/mol. The molecule has 0 radical (unpaired) electrons. The van der Waals surface area contributed by atoms with Crippen molar-refractivity contribution in [1.29, 1.82) is 5.26 Å². The van der Waals surface area contributed by atoms with Crippen molar-refractivity contribution in [1.82, 2.24) is 9.55 Å². The van der Waals surface area contributed by atoms with Crippen LogP contribution in [0.2, 0.25) is 0 Å². The molecule has 0 spiro atoms. The molecule has 0 saturated carbocycles. The predicted octanol–water partition coefficient (Wildman–Crippen LogP) is 2.84. The van der Waals surface area contributed by atoms with Gasteiger partial charge in [0.1, 0.15) is 17.7 Å². The van der Waals surface area contributed by atoms with Crippen LogP contribution in [0, 0.1) is 17.1 Å². The summed E-state index contributed by atoms with van der Waals surface area (Å²) in [6.07, 6.45) is -2.73. The van der Waals surface area contributed by atoms with Gasteiger partial charge in [0.25, 0.3) is 12.0 Å². The van der Waals surface area contributed by atoms with E-state index in [1.807, 2.05) is 6.07 Å². The van der Waals surface area contributed by atoms with Crippen molar-refractivity contribution in [3.8, 4) is 11.8 Å². The normalized spacial score (nSPS) is 11.1. The molecule has 8 heteroatoms. The minimum atomic E-state index is -2.90. The number of nitrogens with two attached hydrogens (primary N) is 1. The molecule has 2 aromatic carbocycles. The van der Waals surface area contributed by atoms with Crippen LogP contribution >= 0.6 is 0 Å². The molecule has 0 aliphatic heterocycles. The average molecular weight is 358 g/mol. The number of rotatable bonds is 4. The maximum atomic E-state index is 13.8. The minimum Gasteiger partial charge on any atom is -0.330 e. The molecule has 3 rings (SSSR count). The molecule has 1 aromatic heterocycles. The van der Waals surface area contributed by atoms with E-state index in [1.54, 1.807) is 12.1 Å². The molecule has 0 bridgehead atoms. The molecule has 0 aliphatic rings. The zero-order valence-electron chi connectivity index (χ0n) is 13.4. The van der Waals surface area contributed by atoms with Gasteiger partial charge in [0.05, 0.1) is 22.2 Å². The minimum absolute atomic E-state index is 0.0404. The van der Waals surface area contributed by atoms with Crippen LogP contribution in [0.1, 0.15) is 23.4 Å². The third-order valence-electron chi connectivity index (χ3n) is 3.87. The van der Waals surface area contributed by atoms with Gasteiger partial charge in [-0.1, -0.05) is 6.07 Å². The van der Waals surface area contributed by atoms with Crippen molar-refractivity contribution in [3.63, 3.8) is 0 Å². The summed E-state index contributed by atoms with van der Waals surface area (Å²) in [4.78, 5) is 17.4. The molecule has 1 heterocycles. The maximum absolute atomic E-state index is 13.8. The van der Waals surface area contributed by atoms with Crippen LogP contribution in [-0.4, -0.2) is 16.1 Å². The third kappa shape index (κ3) is 3.05. The van der Waals surface area contributed by atoms with Crippen LogP contribution in [0.5, 0.6) is 0 Å². The molecular weight excluding hydrogens is 345 g/mol. The molecule has 132 valence electrons. The van der Waals surface area contributed by atoms with E-state index in [2.05, 4.69) is 4.98 Å². The van der Waals surface area contributed by atoms with Gasteiger partial charge in [-0.05, 0) is 36.9 Å². The number of fused-ring (bicyclic) bond motifs is 1. The Morgan fingerprint density at radius 2 is 2.04 bits per heavy atom. The zero-order chi connectivity index (χ0) is 18.8. The Labute approximate surface area is 146 Å². The van der Waals surface area contributed by atoms with E-state index in [9.17, 15) is 23.2 Å². The lowest BCUT2D eigenvalue weighted by Crippen LogP contribution is -2.26. The van der Waals surface area contributed by atoms with Gasteiger partial charge in [0.2, 0.25) is 0 Å². The lowest BCUT2D eigenvalue weighted by Gasteiger charge is -2.15. The number of hydrogen-bond acceptors (Lipinski definition) is 4. The molecule has 0 unspecified atom stereocenters. The quantitative estimate of drug-likeness (QED) is 0.777. The number of aromatic nitrogens is 2. The van der Waals surface area contributed by atoms with Crippen LogP contribution in [0.15, 0.2) is 41.2 Å². The van der Waals surface area contributed by atoms with Gasteiger partial charge >= 0.3 is 0 Å². The summed E-state index contributed by atoms with van der Waals surface area (Å²) in [5.41, 5.74) is 4.67. The number of hydrogen-bond donors (Lipinski definition) is 1. The molecule has 26 heavy (non-hydrogen) atoms. The Kier molecular flexibility index (Phi) is 4.73. The molecule has 0 saturated heterocycles. The van der Waals surface area contributed by atoms with E-state index < -0.39 is 23.4 Å². The SMILES string of the molecule is N#Cc1cccc2nc(CCN)n(-c3cc(F)cc(C(F)F)c3)c(=O)c12. The first-order valence-corrected chi connectivity index (χ1v) is 7.70. The van der Waals surface area contributed by atoms with Crippen molar-refractivity contribution >= 4 is 10.9 Å². The van der Waals surface area contributed by atoms with Crippen LogP contribution in [0.4, 0.5) is 13.2 Å². The number of alkyl halides is 2. The summed E-state index contributed by atoms with van der Waals surface area (Å²) in [6, 6.07) is 9.21. The lowest BCUT2D eigenvalue weighted by molar-refractivity contribution is 0.151. The molecule has 5 nitrogen and oxygen atoms in total. The van der Waals surface area contributed by atoms with Crippen LogP contribution in [-0.2, 0) is 6.42 Å². The molecule has 0 amide bonds. The molecule has 0 atom stereocenters.